The number of rotatable bonds is 3. The van der Waals surface area contributed by atoms with Gasteiger partial charge in [-0.05, 0) is 17.7 Å². The summed E-state index contributed by atoms with van der Waals surface area (Å²) in [6.45, 7) is 0. The van der Waals surface area contributed by atoms with Crippen LogP contribution < -0.4 is 16.0 Å². The Morgan fingerprint density at radius 3 is 2.53 bits per heavy atom. The quantitative estimate of drug-likeness (QED) is 0.784. The van der Waals surface area contributed by atoms with E-state index in [0.29, 0.717) is 6.42 Å². The van der Waals surface area contributed by atoms with E-state index < -0.39 is 11.2 Å². The Morgan fingerprint density at radius 2 is 1.94 bits per heavy atom. The van der Waals surface area contributed by atoms with Crippen molar-refractivity contribution in [3.05, 3.63) is 56.4 Å². The van der Waals surface area contributed by atoms with Crippen molar-refractivity contribution in [2.24, 2.45) is 0 Å². The first-order chi connectivity index (χ1) is 8.19. The second-order valence-corrected chi connectivity index (χ2v) is 3.48. The molecular weight excluding hydrogens is 222 g/mol. The van der Waals surface area contributed by atoms with Crippen LogP contribution in [0.1, 0.15) is 11.3 Å². The molecule has 0 aliphatic carbocycles. The topological polar surface area (TPSA) is 87.8 Å². The predicted octanol–water partition coefficient (Wildman–Crippen LogP) is 0.0576. The molecule has 1 heterocycles. The molecule has 0 unspecified atom stereocenters. The number of H-pyrrole nitrogens is 2. The molecule has 0 saturated carbocycles. The van der Waals surface area contributed by atoms with E-state index in [4.69, 9.17) is 4.74 Å². The average molecular weight is 233 g/mol. The normalized spacial score (nSPS) is 10.2. The van der Waals surface area contributed by atoms with Gasteiger partial charge in [-0.2, -0.15) is 5.10 Å². The second-order valence-electron chi connectivity index (χ2n) is 3.48. The van der Waals surface area contributed by atoms with E-state index >= 15 is 0 Å². The summed E-state index contributed by atoms with van der Waals surface area (Å²) in [4.78, 5) is 24.3. The maximum absolute atomic E-state index is 11.4. The molecule has 2 rings (SSSR count). The third kappa shape index (κ3) is 2.60. The van der Waals surface area contributed by atoms with E-state index in [2.05, 4.69) is 15.2 Å². The second kappa shape index (κ2) is 4.65. The van der Waals surface area contributed by atoms with Gasteiger partial charge in [0.2, 0.25) is 0 Å². The van der Waals surface area contributed by atoms with Crippen LogP contribution in [0.5, 0.6) is 5.75 Å². The van der Waals surface area contributed by atoms with Gasteiger partial charge in [0.1, 0.15) is 11.4 Å². The molecule has 1 aromatic carbocycles. The van der Waals surface area contributed by atoms with Crippen molar-refractivity contribution in [2.75, 3.05) is 7.11 Å². The van der Waals surface area contributed by atoms with E-state index in [1.54, 1.807) is 19.2 Å². The maximum Gasteiger partial charge on any atom is 0.342 e. The van der Waals surface area contributed by atoms with E-state index in [1.807, 2.05) is 12.1 Å². The minimum Gasteiger partial charge on any atom is -0.497 e. The van der Waals surface area contributed by atoms with Gasteiger partial charge in [-0.1, -0.05) is 12.1 Å². The van der Waals surface area contributed by atoms with Crippen molar-refractivity contribution < 1.29 is 4.74 Å². The van der Waals surface area contributed by atoms with Crippen molar-refractivity contribution >= 4 is 0 Å². The smallest absolute Gasteiger partial charge is 0.342 e. The first kappa shape index (κ1) is 11.1. The van der Waals surface area contributed by atoms with Crippen LogP contribution in [0.4, 0.5) is 0 Å². The molecule has 0 radical (unpaired) electrons. The van der Waals surface area contributed by atoms with Crippen LogP contribution in [-0.4, -0.2) is 22.3 Å². The summed E-state index contributed by atoms with van der Waals surface area (Å²) in [6.07, 6.45) is 0.357. The monoisotopic (exact) mass is 233 g/mol. The lowest BCUT2D eigenvalue weighted by Gasteiger charge is -2.02. The van der Waals surface area contributed by atoms with Gasteiger partial charge in [0, 0.05) is 6.42 Å². The predicted molar refractivity (Wildman–Crippen MR) is 61.3 cm³/mol. The maximum atomic E-state index is 11.4. The number of hydrogen-bond acceptors (Lipinski definition) is 4. The zero-order valence-electron chi connectivity index (χ0n) is 9.19. The van der Waals surface area contributed by atoms with Crippen molar-refractivity contribution in [2.45, 2.75) is 6.42 Å². The lowest BCUT2D eigenvalue weighted by atomic mass is 10.1. The number of aromatic amines is 2. The van der Waals surface area contributed by atoms with E-state index in [0.717, 1.165) is 11.3 Å². The molecule has 88 valence electrons. The largest absolute Gasteiger partial charge is 0.497 e. The summed E-state index contributed by atoms with van der Waals surface area (Å²) in [6, 6.07) is 7.28. The molecule has 6 nitrogen and oxygen atoms in total. The van der Waals surface area contributed by atoms with Crippen LogP contribution in [0.25, 0.3) is 0 Å². The highest BCUT2D eigenvalue weighted by molar-refractivity contribution is 5.29. The first-order valence-corrected chi connectivity index (χ1v) is 5.00. The standard InChI is InChI=1S/C11H11N3O3/c1-17-8-4-2-7(3-5-8)6-9-10(15)12-11(16)14-13-9/h2-5H,6H2,1H3,(H2,12,14,15,16). The van der Waals surface area contributed by atoms with Gasteiger partial charge < -0.3 is 4.74 Å². The van der Waals surface area contributed by atoms with Gasteiger partial charge in [0.05, 0.1) is 7.11 Å². The van der Waals surface area contributed by atoms with Crippen LogP contribution in [0, 0.1) is 0 Å². The number of nitrogens with zero attached hydrogens (tertiary/aromatic N) is 1. The average Bonchev–Trinajstić information content (AvgIpc) is 2.34. The van der Waals surface area contributed by atoms with Crippen LogP contribution in [0.15, 0.2) is 33.9 Å². The van der Waals surface area contributed by atoms with E-state index in [9.17, 15) is 9.59 Å². The first-order valence-electron chi connectivity index (χ1n) is 5.00. The Balaban J connectivity index is 2.25. The van der Waals surface area contributed by atoms with Crippen LogP contribution in [0.2, 0.25) is 0 Å². The van der Waals surface area contributed by atoms with Crippen molar-refractivity contribution in [3.63, 3.8) is 0 Å². The molecule has 0 aliphatic rings. The highest BCUT2D eigenvalue weighted by atomic mass is 16.5. The third-order valence-corrected chi connectivity index (χ3v) is 2.31. The Kier molecular flexibility index (Phi) is 3.04. The number of ether oxygens (including phenoxy) is 1. The minimum absolute atomic E-state index is 0.273. The van der Waals surface area contributed by atoms with Crippen LogP contribution in [0.3, 0.4) is 0 Å². The number of hydrogen-bond donors (Lipinski definition) is 2. The summed E-state index contributed by atoms with van der Waals surface area (Å²) in [5.41, 5.74) is 0.115. The minimum atomic E-state index is -0.603. The third-order valence-electron chi connectivity index (χ3n) is 2.31. The van der Waals surface area contributed by atoms with Crippen LogP contribution >= 0.6 is 0 Å². The van der Waals surface area contributed by atoms with Gasteiger partial charge in [-0.25, -0.2) is 9.89 Å². The molecule has 2 N–H and O–H groups in total. The zero-order valence-corrected chi connectivity index (χ0v) is 9.19. The molecule has 1 aromatic heterocycles. The Labute approximate surface area is 96.3 Å². The number of aromatic nitrogens is 3. The van der Waals surface area contributed by atoms with Crippen molar-refractivity contribution in [1.29, 1.82) is 0 Å². The van der Waals surface area contributed by atoms with E-state index in [-0.39, 0.29) is 5.69 Å². The number of nitrogens with one attached hydrogen (secondary N) is 2. The highest BCUT2D eigenvalue weighted by Gasteiger charge is 2.04. The Hall–Kier alpha value is -2.37. The fourth-order valence-corrected chi connectivity index (χ4v) is 1.43. The molecule has 0 spiro atoms. The SMILES string of the molecule is COc1ccc(Cc2n[nH]c(=O)[nH]c2=O)cc1. The molecule has 0 saturated heterocycles. The molecule has 0 amide bonds. The molecule has 17 heavy (non-hydrogen) atoms. The molecule has 0 atom stereocenters. The molecule has 0 fully saturated rings. The summed E-state index contributed by atoms with van der Waals surface area (Å²) in [5.74, 6) is 0.747. The molecule has 0 aliphatic heterocycles. The Bertz CT molecular complexity index is 613. The number of benzene rings is 1. The van der Waals surface area contributed by atoms with Gasteiger partial charge in [0.25, 0.3) is 5.56 Å². The van der Waals surface area contributed by atoms with Gasteiger partial charge in [-0.3, -0.25) is 9.78 Å². The Morgan fingerprint density at radius 1 is 1.24 bits per heavy atom. The van der Waals surface area contributed by atoms with Crippen LogP contribution in [-0.2, 0) is 6.42 Å². The summed E-state index contributed by atoms with van der Waals surface area (Å²) in [7, 11) is 1.59. The van der Waals surface area contributed by atoms with Gasteiger partial charge in [0.15, 0.2) is 0 Å². The lowest BCUT2D eigenvalue weighted by molar-refractivity contribution is 0.414. The van der Waals surface area contributed by atoms with Gasteiger partial charge >= 0.3 is 5.69 Å². The lowest BCUT2D eigenvalue weighted by Crippen LogP contribution is -2.27. The summed E-state index contributed by atoms with van der Waals surface area (Å²) < 4.78 is 5.03. The zero-order chi connectivity index (χ0) is 12.3. The molecular formula is C11H11N3O3. The highest BCUT2D eigenvalue weighted by Crippen LogP contribution is 2.12. The fourth-order valence-electron chi connectivity index (χ4n) is 1.43. The number of methoxy groups -OCH3 is 1. The molecule has 2 aromatic rings. The summed E-state index contributed by atoms with van der Waals surface area (Å²) >= 11 is 0. The summed E-state index contributed by atoms with van der Waals surface area (Å²) in [5, 5.41) is 5.90. The van der Waals surface area contributed by atoms with E-state index in [1.165, 1.54) is 0 Å². The van der Waals surface area contributed by atoms with Gasteiger partial charge in [-0.15, -0.1) is 0 Å². The van der Waals surface area contributed by atoms with Crippen molar-refractivity contribution in [1.82, 2.24) is 15.2 Å². The molecule has 0 bridgehead atoms. The van der Waals surface area contributed by atoms with Crippen molar-refractivity contribution in [3.8, 4) is 5.75 Å². The fraction of sp³-hybridized carbons (Fsp3) is 0.182. The molecule has 6 heteroatoms.